The van der Waals surface area contributed by atoms with Crippen LogP contribution in [0, 0.1) is 11.3 Å². The van der Waals surface area contributed by atoms with E-state index in [1.165, 1.54) is 6.07 Å². The van der Waals surface area contributed by atoms with E-state index >= 15 is 0 Å². The van der Waals surface area contributed by atoms with E-state index < -0.39 is 29.9 Å². The van der Waals surface area contributed by atoms with Crippen LogP contribution >= 0.6 is 0 Å². The Morgan fingerprint density at radius 3 is 2.38 bits per heavy atom. The van der Waals surface area contributed by atoms with E-state index in [1.807, 2.05) is 0 Å². The van der Waals surface area contributed by atoms with Gasteiger partial charge in [-0.05, 0) is 0 Å². The van der Waals surface area contributed by atoms with Gasteiger partial charge in [-0.25, -0.2) is 13.8 Å². The van der Waals surface area contributed by atoms with Crippen molar-refractivity contribution in [3.63, 3.8) is 0 Å². The van der Waals surface area contributed by atoms with E-state index in [2.05, 4.69) is 9.72 Å². The first-order valence-electron chi connectivity index (χ1n) is 3.78. The van der Waals surface area contributed by atoms with Crippen molar-refractivity contribution in [3.05, 3.63) is 23.5 Å². The minimum atomic E-state index is -5.01. The van der Waals surface area contributed by atoms with E-state index in [0.717, 1.165) is 0 Å². The highest BCUT2D eigenvalue weighted by molar-refractivity contribution is 5.33. The fourth-order valence-corrected chi connectivity index (χ4v) is 0.887. The molecule has 0 unspecified atom stereocenters. The van der Waals surface area contributed by atoms with Gasteiger partial charge in [-0.15, -0.1) is 13.2 Å². The molecular formula is C8H3F5N2O. The molecule has 0 amide bonds. The molecule has 8 heteroatoms. The summed E-state index contributed by atoms with van der Waals surface area (Å²) in [6.45, 7) is 0. The van der Waals surface area contributed by atoms with Gasteiger partial charge in [-0.1, -0.05) is 0 Å². The Hall–Kier alpha value is -1.91. The van der Waals surface area contributed by atoms with E-state index in [0.29, 0.717) is 12.1 Å². The summed E-state index contributed by atoms with van der Waals surface area (Å²) in [6.07, 6.45) is -8.09. The second-order valence-corrected chi connectivity index (χ2v) is 2.57. The van der Waals surface area contributed by atoms with E-state index in [-0.39, 0.29) is 0 Å². The molecule has 0 aliphatic rings. The van der Waals surface area contributed by atoms with Crippen molar-refractivity contribution < 1.29 is 26.7 Å². The third-order valence-electron chi connectivity index (χ3n) is 1.39. The number of hydrogen-bond acceptors (Lipinski definition) is 3. The molecule has 0 fully saturated rings. The molecule has 1 aromatic heterocycles. The Bertz CT molecular complexity index is 423. The molecule has 1 aromatic rings. The molecule has 0 bridgehead atoms. The van der Waals surface area contributed by atoms with Crippen molar-refractivity contribution >= 4 is 0 Å². The van der Waals surface area contributed by atoms with Crippen LogP contribution < -0.4 is 4.74 Å². The number of rotatable bonds is 2. The van der Waals surface area contributed by atoms with Gasteiger partial charge in [0.15, 0.2) is 0 Å². The van der Waals surface area contributed by atoms with Crippen molar-refractivity contribution in [2.45, 2.75) is 12.8 Å². The molecule has 0 N–H and O–H groups in total. The number of nitriles is 1. The smallest absolute Gasteiger partial charge is 0.406 e. The molecule has 0 aliphatic carbocycles. The second kappa shape index (κ2) is 4.30. The lowest BCUT2D eigenvalue weighted by Crippen LogP contribution is -2.17. The van der Waals surface area contributed by atoms with Gasteiger partial charge in [0.2, 0.25) is 0 Å². The van der Waals surface area contributed by atoms with Crippen molar-refractivity contribution in [2.75, 3.05) is 0 Å². The lowest BCUT2D eigenvalue weighted by Gasteiger charge is -2.09. The number of aromatic nitrogens is 1. The maximum absolute atomic E-state index is 12.2. The lowest BCUT2D eigenvalue weighted by atomic mass is 10.3. The standard InChI is InChI=1S/C8H3F5N2O/c9-7(10)6-2-5(16-8(11,12)13)1-4(3-14)15-6/h1-2,7H. The van der Waals surface area contributed by atoms with Crippen LogP contribution in [-0.2, 0) is 0 Å². The van der Waals surface area contributed by atoms with Crippen LogP contribution in [0.2, 0.25) is 0 Å². The second-order valence-electron chi connectivity index (χ2n) is 2.57. The average Bonchev–Trinajstić information content (AvgIpc) is 2.14. The van der Waals surface area contributed by atoms with E-state index in [4.69, 9.17) is 5.26 Å². The highest BCUT2D eigenvalue weighted by Crippen LogP contribution is 2.27. The average molecular weight is 238 g/mol. The van der Waals surface area contributed by atoms with Crippen molar-refractivity contribution in [2.24, 2.45) is 0 Å². The Balaban J connectivity index is 3.11. The van der Waals surface area contributed by atoms with Gasteiger partial charge >= 0.3 is 6.36 Å². The number of hydrogen-bond donors (Lipinski definition) is 0. The fraction of sp³-hybridized carbons (Fsp3) is 0.250. The van der Waals surface area contributed by atoms with Crippen LogP contribution in [0.5, 0.6) is 5.75 Å². The molecule has 16 heavy (non-hydrogen) atoms. The molecule has 0 aromatic carbocycles. The SMILES string of the molecule is N#Cc1cc(OC(F)(F)F)cc(C(F)F)n1. The number of alkyl halides is 5. The fourth-order valence-electron chi connectivity index (χ4n) is 0.887. The summed E-state index contributed by atoms with van der Waals surface area (Å²) in [5.41, 5.74) is -1.52. The lowest BCUT2D eigenvalue weighted by molar-refractivity contribution is -0.274. The first-order valence-corrected chi connectivity index (χ1v) is 3.78. The van der Waals surface area contributed by atoms with Gasteiger partial charge in [0.1, 0.15) is 23.2 Å². The Morgan fingerprint density at radius 1 is 1.31 bits per heavy atom. The van der Waals surface area contributed by atoms with Gasteiger partial charge in [0.25, 0.3) is 6.43 Å². The molecule has 0 radical (unpaired) electrons. The molecule has 0 spiro atoms. The zero-order chi connectivity index (χ0) is 12.3. The van der Waals surface area contributed by atoms with Gasteiger partial charge in [0, 0.05) is 12.1 Å². The molecule has 86 valence electrons. The summed E-state index contributed by atoms with van der Waals surface area (Å²) in [4.78, 5) is 3.12. The largest absolute Gasteiger partial charge is 0.573 e. The van der Waals surface area contributed by atoms with Gasteiger partial charge in [-0.2, -0.15) is 5.26 Å². The first-order chi connectivity index (χ1) is 7.31. The van der Waals surface area contributed by atoms with E-state index in [1.54, 1.807) is 0 Å². The third kappa shape index (κ3) is 3.34. The number of pyridine rings is 1. The Morgan fingerprint density at radius 2 is 1.94 bits per heavy atom. The van der Waals surface area contributed by atoms with Crippen LogP contribution in [0.3, 0.4) is 0 Å². The monoisotopic (exact) mass is 238 g/mol. The zero-order valence-electron chi connectivity index (χ0n) is 7.42. The predicted molar refractivity (Wildman–Crippen MR) is 40.6 cm³/mol. The molecule has 0 aliphatic heterocycles. The maximum atomic E-state index is 12.2. The summed E-state index contributed by atoms with van der Waals surface area (Å²) in [6, 6.07) is 2.41. The van der Waals surface area contributed by atoms with Crippen molar-refractivity contribution in [1.29, 1.82) is 5.26 Å². The van der Waals surface area contributed by atoms with Crippen LogP contribution in [0.25, 0.3) is 0 Å². The van der Waals surface area contributed by atoms with Gasteiger partial charge < -0.3 is 4.74 Å². The first kappa shape index (κ1) is 12.2. The van der Waals surface area contributed by atoms with Crippen LogP contribution in [-0.4, -0.2) is 11.3 Å². The molecule has 1 rings (SSSR count). The zero-order valence-corrected chi connectivity index (χ0v) is 7.42. The molecule has 0 atom stereocenters. The summed E-state index contributed by atoms with van der Waals surface area (Å²) in [5, 5.41) is 8.37. The summed E-state index contributed by atoms with van der Waals surface area (Å²) < 4.78 is 63.2. The normalized spacial score (nSPS) is 11.3. The van der Waals surface area contributed by atoms with E-state index in [9.17, 15) is 22.0 Å². The summed E-state index contributed by atoms with van der Waals surface area (Å²) >= 11 is 0. The minimum absolute atomic E-state index is 0.430. The molecule has 0 saturated carbocycles. The number of halogens is 5. The number of ether oxygens (including phenoxy) is 1. The van der Waals surface area contributed by atoms with Crippen LogP contribution in [0.15, 0.2) is 12.1 Å². The maximum Gasteiger partial charge on any atom is 0.573 e. The van der Waals surface area contributed by atoms with Crippen LogP contribution in [0.1, 0.15) is 17.8 Å². The Kier molecular flexibility index (Phi) is 3.27. The van der Waals surface area contributed by atoms with Crippen LogP contribution in [0.4, 0.5) is 22.0 Å². The van der Waals surface area contributed by atoms with Gasteiger partial charge in [0.05, 0.1) is 0 Å². The topological polar surface area (TPSA) is 45.9 Å². The third-order valence-corrected chi connectivity index (χ3v) is 1.39. The quantitative estimate of drug-likeness (QED) is 0.744. The van der Waals surface area contributed by atoms with Crippen molar-refractivity contribution in [3.8, 4) is 11.8 Å². The summed E-state index contributed by atoms with van der Waals surface area (Å²) in [7, 11) is 0. The molecule has 1 heterocycles. The minimum Gasteiger partial charge on any atom is -0.406 e. The predicted octanol–water partition coefficient (Wildman–Crippen LogP) is 2.79. The number of nitrogens with zero attached hydrogens (tertiary/aromatic N) is 2. The molecule has 0 saturated heterocycles. The highest BCUT2D eigenvalue weighted by Gasteiger charge is 2.31. The molecule has 3 nitrogen and oxygen atoms in total. The Labute approximate surface area is 86.1 Å². The summed E-state index contributed by atoms with van der Waals surface area (Å²) in [5.74, 6) is -0.894. The van der Waals surface area contributed by atoms with Crippen molar-refractivity contribution in [1.82, 2.24) is 4.98 Å². The van der Waals surface area contributed by atoms with Gasteiger partial charge in [-0.3, -0.25) is 0 Å². The molecular weight excluding hydrogens is 235 g/mol. The highest BCUT2D eigenvalue weighted by atomic mass is 19.4.